The molecular formula is C30H25F3N6O3S. The van der Waals surface area contributed by atoms with Gasteiger partial charge in [0.15, 0.2) is 11.0 Å². The van der Waals surface area contributed by atoms with Gasteiger partial charge in [-0.3, -0.25) is 9.69 Å². The van der Waals surface area contributed by atoms with Crippen molar-refractivity contribution in [3.8, 4) is 22.8 Å². The Labute approximate surface area is 248 Å². The molecule has 0 unspecified atom stereocenters. The molecule has 2 heterocycles. The Morgan fingerprint density at radius 1 is 1.02 bits per heavy atom. The Balaban J connectivity index is 1.14. The summed E-state index contributed by atoms with van der Waals surface area (Å²) < 4.78 is 42.6. The van der Waals surface area contributed by atoms with Gasteiger partial charge in [0.05, 0.1) is 22.7 Å². The Morgan fingerprint density at radius 2 is 1.70 bits per heavy atom. The van der Waals surface area contributed by atoms with Gasteiger partial charge >= 0.3 is 12.4 Å². The number of anilines is 1. The van der Waals surface area contributed by atoms with Crippen LogP contribution in [0.4, 0.5) is 23.7 Å². The topological polar surface area (TPSA) is 102 Å². The Hall–Kier alpha value is -4.65. The summed E-state index contributed by atoms with van der Waals surface area (Å²) in [5, 5.41) is 7.83. The molecule has 0 bridgehead atoms. The van der Waals surface area contributed by atoms with Gasteiger partial charge in [-0.05, 0) is 67.6 Å². The fourth-order valence-corrected chi connectivity index (χ4v) is 5.86. The number of amidine groups is 1. The molecule has 0 spiro atoms. The number of nitrogens with one attached hydrogen (secondary N) is 1. The zero-order chi connectivity index (χ0) is 30.4. The molecule has 1 aliphatic heterocycles. The van der Waals surface area contributed by atoms with E-state index in [0.29, 0.717) is 16.7 Å². The first kappa shape index (κ1) is 28.5. The molecule has 1 aromatic heterocycles. The molecule has 6 rings (SSSR count). The maximum atomic E-state index is 13.1. The van der Waals surface area contributed by atoms with E-state index >= 15 is 0 Å². The van der Waals surface area contributed by atoms with Crippen molar-refractivity contribution in [3.63, 3.8) is 0 Å². The Kier molecular flexibility index (Phi) is 7.20. The van der Waals surface area contributed by atoms with Crippen molar-refractivity contribution >= 4 is 34.6 Å². The number of halogens is 3. The molecule has 0 atom stereocenters. The normalized spacial score (nSPS) is 16.9. The number of amides is 3. The van der Waals surface area contributed by atoms with Gasteiger partial charge in [0.25, 0.3) is 0 Å². The van der Waals surface area contributed by atoms with Crippen LogP contribution in [-0.4, -0.2) is 44.0 Å². The van der Waals surface area contributed by atoms with Gasteiger partial charge in [-0.2, -0.15) is 4.99 Å². The predicted octanol–water partition coefficient (Wildman–Crippen LogP) is 6.28. The van der Waals surface area contributed by atoms with E-state index in [1.54, 1.807) is 0 Å². The van der Waals surface area contributed by atoms with Crippen LogP contribution in [0.2, 0.25) is 0 Å². The van der Waals surface area contributed by atoms with Gasteiger partial charge in [0.2, 0.25) is 5.91 Å². The average molecular weight is 607 g/mol. The number of aliphatic imine (C=N–C) groups is 1. The number of thioether (sulfide) groups is 1. The predicted molar refractivity (Wildman–Crippen MR) is 156 cm³/mol. The number of hydrogen-bond acceptors (Lipinski definition) is 6. The van der Waals surface area contributed by atoms with Crippen LogP contribution < -0.4 is 15.0 Å². The first-order valence-electron chi connectivity index (χ1n) is 13.3. The molecule has 9 nitrogen and oxygen atoms in total. The molecule has 3 aromatic carbocycles. The van der Waals surface area contributed by atoms with E-state index in [-0.39, 0.29) is 17.4 Å². The summed E-state index contributed by atoms with van der Waals surface area (Å²) in [6.07, 6.45) is -1.80. The van der Waals surface area contributed by atoms with E-state index in [2.05, 4.69) is 25.1 Å². The molecule has 2 fully saturated rings. The van der Waals surface area contributed by atoms with E-state index in [4.69, 9.17) is 0 Å². The second-order valence-electron chi connectivity index (χ2n) is 10.3. The molecule has 13 heteroatoms. The third-order valence-electron chi connectivity index (χ3n) is 7.24. The number of benzene rings is 3. The Morgan fingerprint density at radius 3 is 2.33 bits per heavy atom. The molecule has 2 aliphatic rings. The maximum absolute atomic E-state index is 13.1. The first-order chi connectivity index (χ1) is 20.5. The summed E-state index contributed by atoms with van der Waals surface area (Å²) in [4.78, 5) is 35.9. The molecule has 0 radical (unpaired) electrons. The summed E-state index contributed by atoms with van der Waals surface area (Å²) in [6, 6.07) is 18.1. The van der Waals surface area contributed by atoms with Crippen molar-refractivity contribution in [3.05, 3.63) is 89.7 Å². The van der Waals surface area contributed by atoms with Gasteiger partial charge in [0, 0.05) is 5.56 Å². The van der Waals surface area contributed by atoms with Gasteiger partial charge in [0.1, 0.15) is 12.1 Å². The van der Waals surface area contributed by atoms with E-state index in [0.717, 1.165) is 40.8 Å². The van der Waals surface area contributed by atoms with Crippen molar-refractivity contribution in [2.75, 3.05) is 10.7 Å². The molecule has 3 amide bonds. The number of alkyl halides is 3. The van der Waals surface area contributed by atoms with Crippen molar-refractivity contribution < 1.29 is 27.5 Å². The third-order valence-corrected chi connectivity index (χ3v) is 8.17. The standard InChI is InChI=1S/C30H25F3N6O3S/c1-18-4-3-5-19(2)25(18)39-24(40)16-43-28(39)35-27(41)36-29(14-15-29)21-8-6-20(7-9-21)26-34-17-38(37-26)22-10-12-23(13-11-22)42-30(31,32)33/h3-13,17H,14-16H2,1-2H3,(H,36,41)/b35-28-. The molecule has 220 valence electrons. The minimum atomic E-state index is -4.76. The highest BCUT2D eigenvalue weighted by molar-refractivity contribution is 8.15. The number of aryl methyl sites for hydroxylation is 2. The summed E-state index contributed by atoms with van der Waals surface area (Å²) >= 11 is 1.24. The molecular weight excluding hydrogens is 581 g/mol. The van der Waals surface area contributed by atoms with Crippen LogP contribution in [0.1, 0.15) is 29.5 Å². The molecule has 1 saturated carbocycles. The number of nitrogens with zero attached hydrogens (tertiary/aromatic N) is 5. The largest absolute Gasteiger partial charge is 0.573 e. The molecule has 1 saturated heterocycles. The van der Waals surface area contributed by atoms with Crippen LogP contribution in [-0.2, 0) is 10.3 Å². The van der Waals surface area contributed by atoms with E-state index < -0.39 is 17.9 Å². The molecule has 4 aromatic rings. The molecule has 43 heavy (non-hydrogen) atoms. The van der Waals surface area contributed by atoms with Crippen LogP contribution in [0.25, 0.3) is 17.1 Å². The number of ether oxygens (including phenoxy) is 1. The SMILES string of the molecule is Cc1cccc(C)c1N1C(=O)CS/C1=N\C(=O)NC1(c2ccc(-c3ncn(-c4ccc(OC(F)(F)F)cc4)n3)cc2)CC1. The summed E-state index contributed by atoms with van der Waals surface area (Å²) in [5.74, 6) is 0.202. The Bertz CT molecular complexity index is 1710. The number of carbonyl (C=O) groups excluding carboxylic acids is 2. The monoisotopic (exact) mass is 606 g/mol. The van der Waals surface area contributed by atoms with Crippen molar-refractivity contribution in [1.82, 2.24) is 20.1 Å². The highest BCUT2D eigenvalue weighted by Crippen LogP contribution is 2.46. The van der Waals surface area contributed by atoms with E-state index in [1.807, 2.05) is 56.3 Å². The van der Waals surface area contributed by atoms with Crippen LogP contribution in [0.15, 0.2) is 78.0 Å². The lowest BCUT2D eigenvalue weighted by molar-refractivity contribution is -0.274. The number of rotatable bonds is 6. The lowest BCUT2D eigenvalue weighted by Crippen LogP contribution is -2.36. The van der Waals surface area contributed by atoms with Crippen molar-refractivity contribution in [2.24, 2.45) is 4.99 Å². The van der Waals surface area contributed by atoms with Gasteiger partial charge in [-0.15, -0.1) is 18.3 Å². The summed E-state index contributed by atoms with van der Waals surface area (Å²) in [6.45, 7) is 3.85. The quantitative estimate of drug-likeness (QED) is 0.277. The fourth-order valence-electron chi connectivity index (χ4n) is 5.01. The van der Waals surface area contributed by atoms with Crippen LogP contribution >= 0.6 is 11.8 Å². The zero-order valence-electron chi connectivity index (χ0n) is 23.1. The number of urea groups is 1. The maximum Gasteiger partial charge on any atom is 0.573 e. The average Bonchev–Trinajstić information content (AvgIpc) is 3.40. The highest BCUT2D eigenvalue weighted by atomic mass is 32.2. The highest BCUT2D eigenvalue weighted by Gasteiger charge is 2.46. The van der Waals surface area contributed by atoms with Gasteiger partial charge < -0.3 is 10.1 Å². The minimum absolute atomic E-state index is 0.116. The third kappa shape index (κ3) is 5.98. The van der Waals surface area contributed by atoms with Crippen molar-refractivity contribution in [1.29, 1.82) is 0 Å². The minimum Gasteiger partial charge on any atom is -0.406 e. The smallest absolute Gasteiger partial charge is 0.406 e. The van der Waals surface area contributed by atoms with Crippen LogP contribution in [0, 0.1) is 13.8 Å². The number of aromatic nitrogens is 3. The van der Waals surface area contributed by atoms with Crippen molar-refractivity contribution in [2.45, 2.75) is 38.6 Å². The first-order valence-corrected chi connectivity index (χ1v) is 14.3. The fraction of sp³-hybridized carbons (Fsp3) is 0.233. The van der Waals surface area contributed by atoms with Gasteiger partial charge in [-0.1, -0.05) is 54.2 Å². The van der Waals surface area contributed by atoms with Crippen LogP contribution in [0.3, 0.4) is 0 Å². The van der Waals surface area contributed by atoms with Crippen LogP contribution in [0.5, 0.6) is 5.75 Å². The van der Waals surface area contributed by atoms with E-state index in [9.17, 15) is 22.8 Å². The second-order valence-corrected chi connectivity index (χ2v) is 11.2. The molecule has 1 aliphatic carbocycles. The molecule has 1 N–H and O–H groups in total. The number of carbonyl (C=O) groups is 2. The summed E-state index contributed by atoms with van der Waals surface area (Å²) in [5.41, 5.74) is 4.21. The lowest BCUT2D eigenvalue weighted by Gasteiger charge is -2.21. The number of hydrogen-bond donors (Lipinski definition) is 1. The second kappa shape index (κ2) is 10.9. The van der Waals surface area contributed by atoms with E-state index in [1.165, 1.54) is 51.9 Å². The summed E-state index contributed by atoms with van der Waals surface area (Å²) in [7, 11) is 0. The van der Waals surface area contributed by atoms with Gasteiger partial charge in [-0.25, -0.2) is 14.5 Å². The lowest BCUT2D eigenvalue weighted by atomic mass is 10.0. The number of para-hydroxylation sites is 1. The zero-order valence-corrected chi connectivity index (χ0v) is 23.9.